The molecule has 0 aliphatic carbocycles. The van der Waals surface area contributed by atoms with E-state index in [4.69, 9.17) is 4.74 Å². The van der Waals surface area contributed by atoms with Crippen molar-refractivity contribution in [3.8, 4) is 5.88 Å². The van der Waals surface area contributed by atoms with Crippen molar-refractivity contribution in [1.29, 1.82) is 0 Å². The van der Waals surface area contributed by atoms with Crippen molar-refractivity contribution >= 4 is 38.7 Å². The van der Waals surface area contributed by atoms with Gasteiger partial charge in [0, 0.05) is 4.47 Å². The highest BCUT2D eigenvalue weighted by Gasteiger charge is 2.21. The third kappa shape index (κ3) is 3.27. The minimum Gasteiger partial charge on any atom is -0.402 e. The summed E-state index contributed by atoms with van der Waals surface area (Å²) >= 11 is 3.39. The third-order valence-corrected chi connectivity index (χ3v) is 4.74. The number of benzene rings is 3. The van der Waals surface area contributed by atoms with Gasteiger partial charge in [-0.1, -0.05) is 42.5 Å². The van der Waals surface area contributed by atoms with Crippen molar-refractivity contribution < 1.29 is 14.3 Å². The third-order valence-electron chi connectivity index (χ3n) is 4.05. The Hall–Kier alpha value is -3.25. The summed E-state index contributed by atoms with van der Waals surface area (Å²) in [6, 6.07) is 22.9. The van der Waals surface area contributed by atoms with Gasteiger partial charge < -0.3 is 4.74 Å². The lowest BCUT2D eigenvalue weighted by Crippen LogP contribution is -2.15. The number of halogens is 1. The zero-order valence-corrected chi connectivity index (χ0v) is 15.6. The topological polar surface area (TPSA) is 61.2 Å². The average molecular weight is 421 g/mol. The summed E-state index contributed by atoms with van der Waals surface area (Å²) in [6.07, 6.45) is 0. The first-order chi connectivity index (χ1) is 13.1. The number of rotatable bonds is 3. The van der Waals surface area contributed by atoms with Crippen molar-refractivity contribution in [3.05, 3.63) is 94.5 Å². The van der Waals surface area contributed by atoms with E-state index in [1.165, 1.54) is 4.68 Å². The lowest BCUT2D eigenvalue weighted by molar-refractivity contribution is 0.0725. The fraction of sp³-hybridized carbons (Fsp3) is 0. The molecule has 0 bridgehead atoms. The zero-order chi connectivity index (χ0) is 18.8. The molecule has 132 valence electrons. The quantitative estimate of drug-likeness (QED) is 0.450. The van der Waals surface area contributed by atoms with E-state index in [-0.39, 0.29) is 11.8 Å². The molecule has 0 radical (unpaired) electrons. The predicted molar refractivity (Wildman–Crippen MR) is 105 cm³/mol. The van der Waals surface area contributed by atoms with E-state index in [0.29, 0.717) is 26.5 Å². The predicted octanol–water partition coefficient (Wildman–Crippen LogP) is 4.71. The van der Waals surface area contributed by atoms with Crippen molar-refractivity contribution in [2.45, 2.75) is 0 Å². The molecule has 4 aromatic rings. The summed E-state index contributed by atoms with van der Waals surface area (Å²) < 4.78 is 7.39. The second-order valence-electron chi connectivity index (χ2n) is 5.77. The molecule has 1 aromatic heterocycles. The Balaban J connectivity index is 1.77. The number of ether oxygens (including phenoxy) is 1. The van der Waals surface area contributed by atoms with Gasteiger partial charge in [0.1, 0.15) is 0 Å². The molecule has 0 aliphatic rings. The van der Waals surface area contributed by atoms with E-state index >= 15 is 0 Å². The normalized spacial score (nSPS) is 10.7. The molecule has 3 aromatic carbocycles. The molecule has 0 atom stereocenters. The Bertz CT molecular complexity index is 1150. The Morgan fingerprint density at radius 3 is 2.30 bits per heavy atom. The Morgan fingerprint density at radius 2 is 1.52 bits per heavy atom. The van der Waals surface area contributed by atoms with Gasteiger partial charge in [0.15, 0.2) is 0 Å². The molecule has 0 saturated carbocycles. The van der Waals surface area contributed by atoms with Crippen molar-refractivity contribution in [2.75, 3.05) is 0 Å². The average Bonchev–Trinajstić information content (AvgIpc) is 3.07. The number of hydrogen-bond donors (Lipinski definition) is 0. The van der Waals surface area contributed by atoms with Gasteiger partial charge in [-0.3, -0.25) is 4.79 Å². The van der Waals surface area contributed by atoms with E-state index in [9.17, 15) is 9.59 Å². The van der Waals surface area contributed by atoms with E-state index in [0.717, 1.165) is 0 Å². The Labute approximate surface area is 163 Å². The SMILES string of the molecule is O=C(Oc1nn(C(=O)c2ccccc2Br)c2ccccc12)c1ccccc1. The second kappa shape index (κ2) is 7.17. The van der Waals surface area contributed by atoms with Crippen LogP contribution in [-0.4, -0.2) is 21.7 Å². The van der Waals surface area contributed by atoms with E-state index in [1.54, 1.807) is 66.7 Å². The molecule has 0 aliphatic heterocycles. The number of carbonyl (C=O) groups is 2. The first kappa shape index (κ1) is 17.2. The number of hydrogen-bond acceptors (Lipinski definition) is 4. The van der Waals surface area contributed by atoms with Gasteiger partial charge in [0.2, 0.25) is 5.88 Å². The molecule has 1 heterocycles. The minimum absolute atomic E-state index is 0.0971. The maximum Gasteiger partial charge on any atom is 0.344 e. The minimum atomic E-state index is -0.528. The van der Waals surface area contributed by atoms with Gasteiger partial charge in [-0.2, -0.15) is 4.68 Å². The van der Waals surface area contributed by atoms with Crippen LogP contribution >= 0.6 is 15.9 Å². The van der Waals surface area contributed by atoms with Crippen LogP contribution in [0.4, 0.5) is 0 Å². The number of aromatic nitrogens is 2. The van der Waals surface area contributed by atoms with Crippen LogP contribution < -0.4 is 4.74 Å². The van der Waals surface area contributed by atoms with Crippen LogP contribution in [-0.2, 0) is 0 Å². The summed E-state index contributed by atoms with van der Waals surface area (Å²) in [6.45, 7) is 0. The molecule has 0 N–H and O–H groups in total. The van der Waals surface area contributed by atoms with Crippen LogP contribution in [0.1, 0.15) is 20.7 Å². The van der Waals surface area contributed by atoms with Gasteiger partial charge in [-0.15, -0.1) is 5.10 Å². The van der Waals surface area contributed by atoms with Crippen molar-refractivity contribution in [1.82, 2.24) is 9.78 Å². The molecule has 0 unspecified atom stereocenters. The van der Waals surface area contributed by atoms with Gasteiger partial charge >= 0.3 is 5.97 Å². The number of fused-ring (bicyclic) bond motifs is 1. The maximum atomic E-state index is 13.0. The molecular formula is C21H13BrN2O3. The fourth-order valence-corrected chi connectivity index (χ4v) is 3.19. The lowest BCUT2D eigenvalue weighted by atomic mass is 10.2. The van der Waals surface area contributed by atoms with Crippen LogP contribution in [0.3, 0.4) is 0 Å². The molecule has 4 rings (SSSR count). The van der Waals surface area contributed by atoms with Gasteiger partial charge in [0.25, 0.3) is 5.91 Å². The molecule has 27 heavy (non-hydrogen) atoms. The number of nitrogens with zero attached hydrogens (tertiary/aromatic N) is 2. The first-order valence-electron chi connectivity index (χ1n) is 8.19. The summed E-state index contributed by atoms with van der Waals surface area (Å²) in [5.74, 6) is -0.750. The van der Waals surface area contributed by atoms with Gasteiger partial charge in [0.05, 0.1) is 22.0 Å². The smallest absolute Gasteiger partial charge is 0.344 e. The molecular weight excluding hydrogens is 408 g/mol. The first-order valence-corrected chi connectivity index (χ1v) is 8.98. The van der Waals surface area contributed by atoms with Crippen LogP contribution in [0.2, 0.25) is 0 Å². The monoisotopic (exact) mass is 420 g/mol. The highest BCUT2D eigenvalue weighted by molar-refractivity contribution is 9.10. The Kier molecular flexibility index (Phi) is 4.56. The molecule has 6 heteroatoms. The number of esters is 1. The van der Waals surface area contributed by atoms with Crippen LogP contribution in [0.15, 0.2) is 83.3 Å². The van der Waals surface area contributed by atoms with Crippen LogP contribution in [0, 0.1) is 0 Å². The standard InChI is InChI=1S/C21H13BrN2O3/c22-17-12-6-4-10-15(17)20(25)24-18-13-7-5-11-16(18)19(23-24)27-21(26)14-8-2-1-3-9-14/h1-13H. The van der Waals surface area contributed by atoms with E-state index in [1.807, 2.05) is 12.1 Å². The second-order valence-corrected chi connectivity index (χ2v) is 6.63. The fourth-order valence-electron chi connectivity index (χ4n) is 2.74. The van der Waals surface area contributed by atoms with Crippen LogP contribution in [0.25, 0.3) is 10.9 Å². The number of carbonyl (C=O) groups excluding carboxylic acids is 2. The summed E-state index contributed by atoms with van der Waals surface area (Å²) in [5.41, 5.74) is 1.44. The maximum absolute atomic E-state index is 13.0. The highest BCUT2D eigenvalue weighted by atomic mass is 79.9. The van der Waals surface area contributed by atoms with E-state index in [2.05, 4.69) is 21.0 Å². The molecule has 0 fully saturated rings. The Morgan fingerprint density at radius 1 is 0.852 bits per heavy atom. The highest BCUT2D eigenvalue weighted by Crippen LogP contribution is 2.27. The van der Waals surface area contributed by atoms with Gasteiger partial charge in [-0.25, -0.2) is 4.79 Å². The molecule has 0 saturated heterocycles. The summed E-state index contributed by atoms with van der Waals surface area (Å²) in [4.78, 5) is 25.4. The van der Waals surface area contributed by atoms with Crippen molar-refractivity contribution in [2.24, 2.45) is 0 Å². The van der Waals surface area contributed by atoms with Crippen molar-refractivity contribution in [3.63, 3.8) is 0 Å². The molecule has 0 spiro atoms. The summed E-state index contributed by atoms with van der Waals surface area (Å²) in [7, 11) is 0. The molecule has 5 nitrogen and oxygen atoms in total. The largest absolute Gasteiger partial charge is 0.402 e. The lowest BCUT2D eigenvalue weighted by Gasteiger charge is -2.04. The van der Waals surface area contributed by atoms with Crippen LogP contribution in [0.5, 0.6) is 5.88 Å². The zero-order valence-electron chi connectivity index (χ0n) is 14.0. The van der Waals surface area contributed by atoms with Gasteiger partial charge in [-0.05, 0) is 52.3 Å². The van der Waals surface area contributed by atoms with E-state index < -0.39 is 5.97 Å². The summed E-state index contributed by atoms with van der Waals surface area (Å²) in [5, 5.41) is 4.86. The molecule has 0 amide bonds. The number of para-hydroxylation sites is 1.